The Morgan fingerprint density at radius 2 is 1.74 bits per heavy atom. The first kappa shape index (κ1) is 20.7. The van der Waals surface area contributed by atoms with Gasteiger partial charge >= 0.3 is 0 Å². The smallest absolute Gasteiger partial charge is 0.262 e. The number of carbonyl (C=O) groups is 1. The second-order valence-corrected chi connectivity index (χ2v) is 8.66. The number of rotatable bonds is 6. The number of anilines is 1. The molecule has 0 aliphatic carbocycles. The van der Waals surface area contributed by atoms with Gasteiger partial charge in [-0.1, -0.05) is 12.1 Å². The largest absolute Gasteiger partial charge is 0.486 e. The highest BCUT2D eigenvalue weighted by Gasteiger charge is 2.23. The van der Waals surface area contributed by atoms with Gasteiger partial charge in [0.25, 0.3) is 15.9 Å². The van der Waals surface area contributed by atoms with E-state index in [1.807, 2.05) is 12.1 Å². The van der Waals surface area contributed by atoms with Crippen LogP contribution in [0.4, 0.5) is 5.69 Å². The van der Waals surface area contributed by atoms with E-state index in [-0.39, 0.29) is 22.1 Å². The maximum absolute atomic E-state index is 13.0. The summed E-state index contributed by atoms with van der Waals surface area (Å²) in [4.78, 5) is 18.5. The highest BCUT2D eigenvalue weighted by Crippen LogP contribution is 2.33. The second kappa shape index (κ2) is 8.65. The van der Waals surface area contributed by atoms with E-state index in [2.05, 4.69) is 9.71 Å². The van der Waals surface area contributed by atoms with Gasteiger partial charge in [-0.25, -0.2) is 8.42 Å². The first-order valence-electron chi connectivity index (χ1n) is 9.60. The van der Waals surface area contributed by atoms with Crippen LogP contribution >= 0.6 is 0 Å². The van der Waals surface area contributed by atoms with Gasteiger partial charge in [-0.15, -0.1) is 0 Å². The minimum atomic E-state index is -3.95. The molecule has 0 radical (unpaired) electrons. The third-order valence-corrected chi connectivity index (χ3v) is 6.10. The van der Waals surface area contributed by atoms with Crippen LogP contribution in [0.15, 0.2) is 71.9 Å². The number of benzene rings is 2. The average molecular weight is 439 g/mol. The van der Waals surface area contributed by atoms with Gasteiger partial charge in [-0.05, 0) is 42.0 Å². The number of sulfonamides is 1. The molecule has 1 N–H and O–H groups in total. The Hall–Kier alpha value is -3.59. The molecule has 0 saturated heterocycles. The summed E-state index contributed by atoms with van der Waals surface area (Å²) in [5.41, 5.74) is 1.37. The number of ether oxygens (including phenoxy) is 2. The lowest BCUT2D eigenvalue weighted by Gasteiger charge is -2.20. The molecule has 0 atom stereocenters. The molecule has 1 amide bonds. The molecular weight excluding hydrogens is 418 g/mol. The van der Waals surface area contributed by atoms with Crippen LogP contribution < -0.4 is 14.2 Å². The van der Waals surface area contributed by atoms with Crippen molar-refractivity contribution in [1.82, 2.24) is 9.88 Å². The van der Waals surface area contributed by atoms with Crippen molar-refractivity contribution in [2.45, 2.75) is 11.4 Å². The van der Waals surface area contributed by atoms with Gasteiger partial charge in [0, 0.05) is 32.1 Å². The van der Waals surface area contributed by atoms with Crippen molar-refractivity contribution in [2.24, 2.45) is 0 Å². The maximum Gasteiger partial charge on any atom is 0.262 e. The van der Waals surface area contributed by atoms with Gasteiger partial charge in [0.2, 0.25) is 0 Å². The van der Waals surface area contributed by atoms with E-state index >= 15 is 0 Å². The van der Waals surface area contributed by atoms with Crippen LogP contribution in [0.25, 0.3) is 0 Å². The van der Waals surface area contributed by atoms with Crippen LogP contribution in [0, 0.1) is 0 Å². The van der Waals surface area contributed by atoms with Gasteiger partial charge in [0.1, 0.15) is 13.2 Å². The minimum Gasteiger partial charge on any atom is -0.486 e. The molecular formula is C22H21N3O5S. The zero-order valence-electron chi connectivity index (χ0n) is 16.8. The molecule has 0 unspecified atom stereocenters. The van der Waals surface area contributed by atoms with Crippen LogP contribution in [0.5, 0.6) is 11.5 Å². The average Bonchev–Trinajstić information content (AvgIpc) is 2.79. The quantitative estimate of drug-likeness (QED) is 0.634. The third-order valence-electron chi connectivity index (χ3n) is 4.74. The highest BCUT2D eigenvalue weighted by molar-refractivity contribution is 7.92. The molecule has 1 aliphatic rings. The number of para-hydroxylation sites is 1. The summed E-state index contributed by atoms with van der Waals surface area (Å²) in [6.07, 6.45) is 3.31. The molecule has 1 aromatic heterocycles. The molecule has 2 heterocycles. The number of hydrogen-bond acceptors (Lipinski definition) is 6. The predicted octanol–water partition coefficient (Wildman–Crippen LogP) is 2.93. The van der Waals surface area contributed by atoms with Crippen LogP contribution in [-0.4, -0.2) is 44.5 Å². The SMILES string of the molecule is CN(Cc1ccncc1)C(=O)c1ccccc1NS(=O)(=O)c1ccc2c(c1)OCCO2. The van der Waals surface area contributed by atoms with Gasteiger partial charge in [-0.2, -0.15) is 0 Å². The number of fused-ring (bicyclic) bond motifs is 1. The predicted molar refractivity (Wildman–Crippen MR) is 115 cm³/mol. The van der Waals surface area contributed by atoms with E-state index < -0.39 is 10.0 Å². The Kier molecular flexibility index (Phi) is 5.77. The summed E-state index contributed by atoms with van der Waals surface area (Å²) < 4.78 is 39.4. The molecule has 4 rings (SSSR count). The number of hydrogen-bond donors (Lipinski definition) is 1. The first-order valence-corrected chi connectivity index (χ1v) is 11.1. The molecule has 0 spiro atoms. The number of nitrogens with zero attached hydrogens (tertiary/aromatic N) is 2. The molecule has 8 nitrogen and oxygen atoms in total. The van der Waals surface area contributed by atoms with E-state index in [9.17, 15) is 13.2 Å². The van der Waals surface area contributed by atoms with Crippen molar-refractivity contribution in [3.05, 3.63) is 78.1 Å². The Labute approximate surface area is 180 Å². The number of amides is 1. The van der Waals surface area contributed by atoms with Gasteiger partial charge in [0.15, 0.2) is 11.5 Å². The zero-order valence-corrected chi connectivity index (χ0v) is 17.6. The minimum absolute atomic E-state index is 0.0177. The molecule has 3 aromatic rings. The number of pyridine rings is 1. The van der Waals surface area contributed by atoms with Crippen LogP contribution in [0.1, 0.15) is 15.9 Å². The fourth-order valence-corrected chi connectivity index (χ4v) is 4.29. The molecule has 0 bridgehead atoms. The summed E-state index contributed by atoms with van der Waals surface area (Å²) >= 11 is 0. The second-order valence-electron chi connectivity index (χ2n) is 6.97. The first-order chi connectivity index (χ1) is 14.9. The molecule has 1 aliphatic heterocycles. The van der Waals surface area contributed by atoms with Crippen molar-refractivity contribution < 1.29 is 22.7 Å². The van der Waals surface area contributed by atoms with E-state index in [0.29, 0.717) is 31.3 Å². The Balaban J connectivity index is 1.57. The third kappa shape index (κ3) is 4.61. The molecule has 0 saturated carbocycles. The van der Waals surface area contributed by atoms with Gasteiger partial charge < -0.3 is 14.4 Å². The standard InChI is InChI=1S/C22H21N3O5S/c1-25(15-16-8-10-23-11-9-16)22(26)18-4-2-3-5-19(18)24-31(27,28)17-6-7-20-21(14-17)30-13-12-29-20/h2-11,14,24H,12-13,15H2,1H3. The van der Waals surface area contributed by atoms with E-state index in [4.69, 9.17) is 9.47 Å². The van der Waals surface area contributed by atoms with E-state index in [1.54, 1.807) is 49.8 Å². The van der Waals surface area contributed by atoms with Crippen molar-refractivity contribution >= 4 is 21.6 Å². The molecule has 0 fully saturated rings. The number of carbonyl (C=O) groups excluding carboxylic acids is 1. The van der Waals surface area contributed by atoms with Crippen molar-refractivity contribution in [3.8, 4) is 11.5 Å². The van der Waals surface area contributed by atoms with E-state index in [0.717, 1.165) is 5.56 Å². The van der Waals surface area contributed by atoms with Crippen molar-refractivity contribution in [2.75, 3.05) is 25.0 Å². The van der Waals surface area contributed by atoms with Crippen LogP contribution in [0.2, 0.25) is 0 Å². The van der Waals surface area contributed by atoms with Gasteiger partial charge in [-0.3, -0.25) is 14.5 Å². The van der Waals surface area contributed by atoms with Crippen LogP contribution in [-0.2, 0) is 16.6 Å². The highest BCUT2D eigenvalue weighted by atomic mass is 32.2. The lowest BCUT2D eigenvalue weighted by molar-refractivity contribution is 0.0786. The summed E-state index contributed by atoms with van der Waals surface area (Å²) in [5.74, 6) is 0.561. The lowest BCUT2D eigenvalue weighted by atomic mass is 10.1. The Bertz CT molecular complexity index is 1200. The fourth-order valence-electron chi connectivity index (χ4n) is 3.19. The van der Waals surface area contributed by atoms with Crippen LogP contribution in [0.3, 0.4) is 0 Å². The summed E-state index contributed by atoms with van der Waals surface area (Å²) in [6, 6.07) is 14.6. The van der Waals surface area contributed by atoms with Crippen molar-refractivity contribution in [1.29, 1.82) is 0 Å². The fraction of sp³-hybridized carbons (Fsp3) is 0.182. The van der Waals surface area contributed by atoms with E-state index in [1.165, 1.54) is 17.0 Å². The normalized spacial score (nSPS) is 12.8. The lowest BCUT2D eigenvalue weighted by Crippen LogP contribution is -2.27. The number of nitrogens with one attached hydrogen (secondary N) is 1. The number of aromatic nitrogens is 1. The zero-order chi connectivity index (χ0) is 21.8. The Morgan fingerprint density at radius 3 is 2.52 bits per heavy atom. The molecule has 9 heteroatoms. The molecule has 160 valence electrons. The monoisotopic (exact) mass is 439 g/mol. The molecule has 31 heavy (non-hydrogen) atoms. The maximum atomic E-state index is 13.0. The summed E-state index contributed by atoms with van der Waals surface area (Å²) in [6.45, 7) is 1.13. The molecule has 2 aromatic carbocycles. The van der Waals surface area contributed by atoms with Gasteiger partial charge in [0.05, 0.1) is 16.1 Å². The van der Waals surface area contributed by atoms with Crippen molar-refractivity contribution in [3.63, 3.8) is 0 Å². The summed E-state index contributed by atoms with van der Waals surface area (Å²) in [7, 11) is -2.29. The Morgan fingerprint density at radius 1 is 1.03 bits per heavy atom. The topological polar surface area (TPSA) is 97.8 Å². The summed E-state index contributed by atoms with van der Waals surface area (Å²) in [5, 5.41) is 0.